The van der Waals surface area contributed by atoms with Crippen molar-refractivity contribution in [3.63, 3.8) is 0 Å². The van der Waals surface area contributed by atoms with Crippen LogP contribution >= 0.6 is 11.3 Å². The fourth-order valence-electron chi connectivity index (χ4n) is 1.61. The Morgan fingerprint density at radius 1 is 1.50 bits per heavy atom. The van der Waals surface area contributed by atoms with Crippen molar-refractivity contribution in [2.45, 2.75) is 25.8 Å². The second-order valence-corrected chi connectivity index (χ2v) is 5.15. The van der Waals surface area contributed by atoms with Gasteiger partial charge in [0.15, 0.2) is 0 Å². The molecule has 1 unspecified atom stereocenters. The third-order valence-corrected chi connectivity index (χ3v) is 3.65. The van der Waals surface area contributed by atoms with Gasteiger partial charge in [0.1, 0.15) is 5.82 Å². The van der Waals surface area contributed by atoms with E-state index in [4.69, 9.17) is 5.73 Å². The van der Waals surface area contributed by atoms with Crippen LogP contribution in [0, 0.1) is 6.92 Å². The van der Waals surface area contributed by atoms with Crippen molar-refractivity contribution in [2.24, 2.45) is 12.8 Å². The van der Waals surface area contributed by atoms with E-state index in [1.165, 1.54) is 0 Å². The summed E-state index contributed by atoms with van der Waals surface area (Å²) in [5.41, 5.74) is 6.11. The zero-order valence-corrected chi connectivity index (χ0v) is 10.4. The summed E-state index contributed by atoms with van der Waals surface area (Å²) in [7, 11) is 2.00. The third kappa shape index (κ3) is 2.48. The maximum atomic E-state index is 6.11. The number of thiazole rings is 1. The lowest BCUT2D eigenvalue weighted by Gasteiger charge is -2.08. The molecule has 1 atom stereocenters. The molecule has 0 radical (unpaired) electrons. The molecule has 0 saturated carbocycles. The first-order valence-corrected chi connectivity index (χ1v) is 6.12. The molecule has 0 amide bonds. The predicted octanol–water partition coefficient (Wildman–Crippen LogP) is 1.82. The van der Waals surface area contributed by atoms with Gasteiger partial charge in [0.05, 0.1) is 5.01 Å². The van der Waals surface area contributed by atoms with Gasteiger partial charge in [-0.05, 0) is 13.3 Å². The highest BCUT2D eigenvalue weighted by molar-refractivity contribution is 7.11. The molecule has 0 aliphatic carbocycles. The lowest BCUT2D eigenvalue weighted by Crippen LogP contribution is -2.11. The summed E-state index contributed by atoms with van der Waals surface area (Å²) in [6.07, 6.45) is 7.46. The predicted molar refractivity (Wildman–Crippen MR) is 65.3 cm³/mol. The van der Waals surface area contributed by atoms with E-state index in [2.05, 4.69) is 9.97 Å². The van der Waals surface area contributed by atoms with E-state index >= 15 is 0 Å². The zero-order valence-electron chi connectivity index (χ0n) is 9.55. The number of rotatable bonds is 4. The summed E-state index contributed by atoms with van der Waals surface area (Å²) in [4.78, 5) is 9.66. The molecular formula is C11H16N4S. The Balaban J connectivity index is 1.93. The summed E-state index contributed by atoms with van der Waals surface area (Å²) in [6.45, 7) is 2.00. The number of aromatic nitrogens is 3. The number of hydrogen-bond acceptors (Lipinski definition) is 4. The minimum atomic E-state index is 0.0721. The zero-order chi connectivity index (χ0) is 11.5. The first-order valence-electron chi connectivity index (χ1n) is 5.31. The number of imidazole rings is 1. The van der Waals surface area contributed by atoms with Gasteiger partial charge in [0.2, 0.25) is 0 Å². The molecule has 2 aromatic rings. The van der Waals surface area contributed by atoms with Crippen molar-refractivity contribution in [1.29, 1.82) is 0 Å². The van der Waals surface area contributed by atoms with E-state index in [0.29, 0.717) is 0 Å². The lowest BCUT2D eigenvalue weighted by atomic mass is 10.1. The van der Waals surface area contributed by atoms with Crippen LogP contribution in [0.15, 0.2) is 18.6 Å². The standard InChI is InChI=1S/C11H16N4S/c1-8-14-7-10(16-8)9(12)3-4-11-13-5-6-15(11)2/h5-7,9H,3-4,12H2,1-2H3. The Labute approximate surface area is 99.2 Å². The molecule has 0 aliphatic rings. The Bertz CT molecular complexity index is 460. The molecule has 0 fully saturated rings. The van der Waals surface area contributed by atoms with Crippen LogP contribution in [0.3, 0.4) is 0 Å². The van der Waals surface area contributed by atoms with Crippen molar-refractivity contribution in [2.75, 3.05) is 0 Å². The van der Waals surface area contributed by atoms with Gasteiger partial charge in [0.25, 0.3) is 0 Å². The third-order valence-electron chi connectivity index (χ3n) is 2.60. The monoisotopic (exact) mass is 236 g/mol. The van der Waals surface area contributed by atoms with Crippen molar-refractivity contribution < 1.29 is 0 Å². The van der Waals surface area contributed by atoms with Crippen LogP contribution in [0.25, 0.3) is 0 Å². The molecule has 0 saturated heterocycles. The molecule has 0 spiro atoms. The summed E-state index contributed by atoms with van der Waals surface area (Å²) in [6, 6.07) is 0.0721. The van der Waals surface area contributed by atoms with Crippen LogP contribution in [0.4, 0.5) is 0 Å². The maximum Gasteiger partial charge on any atom is 0.108 e. The Kier molecular flexibility index (Phi) is 3.36. The van der Waals surface area contributed by atoms with E-state index in [9.17, 15) is 0 Å². The molecule has 86 valence electrons. The van der Waals surface area contributed by atoms with Gasteiger partial charge in [-0.3, -0.25) is 0 Å². The Hall–Kier alpha value is -1.20. The van der Waals surface area contributed by atoms with E-state index in [0.717, 1.165) is 28.6 Å². The van der Waals surface area contributed by atoms with Crippen LogP contribution in [-0.4, -0.2) is 14.5 Å². The molecular weight excluding hydrogens is 220 g/mol. The van der Waals surface area contributed by atoms with Gasteiger partial charge in [-0.15, -0.1) is 11.3 Å². The normalized spacial score (nSPS) is 12.9. The second-order valence-electron chi connectivity index (χ2n) is 3.88. The van der Waals surface area contributed by atoms with Crippen LogP contribution in [0.5, 0.6) is 0 Å². The molecule has 5 heteroatoms. The minimum Gasteiger partial charge on any atom is -0.338 e. The highest BCUT2D eigenvalue weighted by Crippen LogP contribution is 2.22. The molecule has 16 heavy (non-hydrogen) atoms. The smallest absolute Gasteiger partial charge is 0.108 e. The van der Waals surface area contributed by atoms with Crippen molar-refractivity contribution in [3.05, 3.63) is 34.3 Å². The van der Waals surface area contributed by atoms with E-state index in [1.807, 2.05) is 37.1 Å². The average Bonchev–Trinajstić information content (AvgIpc) is 2.84. The lowest BCUT2D eigenvalue weighted by molar-refractivity contribution is 0.628. The highest BCUT2D eigenvalue weighted by Gasteiger charge is 2.10. The summed E-state index contributed by atoms with van der Waals surface area (Å²) >= 11 is 1.67. The van der Waals surface area contributed by atoms with Gasteiger partial charge in [-0.2, -0.15) is 0 Å². The summed E-state index contributed by atoms with van der Waals surface area (Å²) < 4.78 is 2.03. The first kappa shape index (κ1) is 11.3. The van der Waals surface area contributed by atoms with Gasteiger partial charge >= 0.3 is 0 Å². The molecule has 2 aromatic heterocycles. The first-order chi connectivity index (χ1) is 7.66. The van der Waals surface area contributed by atoms with Gasteiger partial charge in [-0.25, -0.2) is 9.97 Å². The molecule has 2 N–H and O–H groups in total. The maximum absolute atomic E-state index is 6.11. The average molecular weight is 236 g/mol. The minimum absolute atomic E-state index is 0.0721. The van der Waals surface area contributed by atoms with Crippen LogP contribution < -0.4 is 5.73 Å². The fraction of sp³-hybridized carbons (Fsp3) is 0.455. The molecule has 0 aliphatic heterocycles. The second kappa shape index (κ2) is 4.76. The van der Waals surface area contributed by atoms with E-state index in [1.54, 1.807) is 11.3 Å². The van der Waals surface area contributed by atoms with E-state index in [-0.39, 0.29) is 6.04 Å². The number of nitrogens with two attached hydrogens (primary N) is 1. The molecule has 0 bridgehead atoms. The largest absolute Gasteiger partial charge is 0.338 e. The molecule has 2 rings (SSSR count). The number of nitrogens with zero attached hydrogens (tertiary/aromatic N) is 3. The SMILES string of the molecule is Cc1ncc(C(N)CCc2nccn2C)s1. The molecule has 2 heterocycles. The van der Waals surface area contributed by atoms with E-state index < -0.39 is 0 Å². The fourth-order valence-corrected chi connectivity index (χ4v) is 2.43. The topological polar surface area (TPSA) is 56.7 Å². The van der Waals surface area contributed by atoms with Crippen molar-refractivity contribution in [3.8, 4) is 0 Å². The van der Waals surface area contributed by atoms with Crippen LogP contribution in [0.2, 0.25) is 0 Å². The van der Waals surface area contributed by atoms with Crippen molar-refractivity contribution >= 4 is 11.3 Å². The summed E-state index contributed by atoms with van der Waals surface area (Å²) in [5, 5.41) is 1.07. The van der Waals surface area contributed by atoms with Crippen LogP contribution in [-0.2, 0) is 13.5 Å². The van der Waals surface area contributed by atoms with Gasteiger partial charge < -0.3 is 10.3 Å². The van der Waals surface area contributed by atoms with Crippen LogP contribution in [0.1, 0.15) is 28.2 Å². The number of hydrogen-bond donors (Lipinski definition) is 1. The molecule has 0 aromatic carbocycles. The van der Waals surface area contributed by atoms with Crippen molar-refractivity contribution in [1.82, 2.24) is 14.5 Å². The van der Waals surface area contributed by atoms with Gasteiger partial charge in [-0.1, -0.05) is 0 Å². The Morgan fingerprint density at radius 3 is 2.88 bits per heavy atom. The number of aryl methyl sites for hydroxylation is 3. The highest BCUT2D eigenvalue weighted by atomic mass is 32.1. The summed E-state index contributed by atoms with van der Waals surface area (Å²) in [5.74, 6) is 1.08. The van der Waals surface area contributed by atoms with Gasteiger partial charge in [0, 0.05) is 43.0 Å². The molecule has 4 nitrogen and oxygen atoms in total. The Morgan fingerprint density at radius 2 is 2.31 bits per heavy atom. The quantitative estimate of drug-likeness (QED) is 0.881.